The molecule has 2 aliphatic rings. The maximum Gasteiger partial charge on any atom is 0.283 e. The first kappa shape index (κ1) is 22.9. The number of pyridine rings is 1. The van der Waals surface area contributed by atoms with E-state index in [4.69, 9.17) is 10.1 Å². The number of amides is 1. The first-order valence-corrected chi connectivity index (χ1v) is 12.6. The van der Waals surface area contributed by atoms with Gasteiger partial charge in [-0.2, -0.15) is 15.1 Å². The summed E-state index contributed by atoms with van der Waals surface area (Å²) in [5.74, 6) is 0.415. The molecule has 37 heavy (non-hydrogen) atoms. The lowest BCUT2D eigenvalue weighted by Crippen LogP contribution is -2.35. The number of thioether (sulfide) groups is 1. The summed E-state index contributed by atoms with van der Waals surface area (Å²) in [4.78, 5) is 21.3. The Hall–Kier alpha value is -4.50. The van der Waals surface area contributed by atoms with Gasteiger partial charge in [0.2, 0.25) is 5.17 Å². The van der Waals surface area contributed by atoms with Crippen molar-refractivity contribution in [3.05, 3.63) is 102 Å². The van der Waals surface area contributed by atoms with E-state index in [1.165, 1.54) is 16.8 Å². The summed E-state index contributed by atoms with van der Waals surface area (Å²) >= 11 is 1.26. The second-order valence-electron chi connectivity index (χ2n) is 8.58. The molecule has 182 valence electrons. The van der Waals surface area contributed by atoms with Gasteiger partial charge in [-0.25, -0.2) is 0 Å². The molecule has 1 N–H and O–H groups in total. The van der Waals surface area contributed by atoms with Crippen LogP contribution in [-0.2, 0) is 11.3 Å². The predicted octanol–water partition coefficient (Wildman–Crippen LogP) is 5.09. The Labute approximate surface area is 217 Å². The van der Waals surface area contributed by atoms with Crippen LogP contribution < -0.4 is 4.74 Å². The molecular formula is C28H22N6O2S. The van der Waals surface area contributed by atoms with Gasteiger partial charge in [0.05, 0.1) is 12.1 Å². The number of carbonyl (C=O) groups is 1. The van der Waals surface area contributed by atoms with E-state index < -0.39 is 5.91 Å². The second-order valence-corrected chi connectivity index (χ2v) is 9.53. The van der Waals surface area contributed by atoms with Crippen molar-refractivity contribution in [1.82, 2.24) is 14.6 Å². The average Bonchev–Trinajstić information content (AvgIpc) is 3.50. The Kier molecular flexibility index (Phi) is 5.90. The zero-order chi connectivity index (χ0) is 25.4. The van der Waals surface area contributed by atoms with Crippen molar-refractivity contribution in [3.8, 4) is 5.75 Å². The van der Waals surface area contributed by atoms with Crippen molar-refractivity contribution in [2.24, 2.45) is 10.1 Å². The fourth-order valence-corrected chi connectivity index (χ4v) is 5.18. The van der Waals surface area contributed by atoms with Gasteiger partial charge in [-0.3, -0.25) is 15.2 Å². The molecule has 0 aliphatic carbocycles. The Balaban J connectivity index is 1.29. The SMILES string of the molecule is Cc1ccccc1OCCn1cc(C=C2C(=N)N3N=C(c4cccnc4)SC3=NC2=O)c2ccccc21. The van der Waals surface area contributed by atoms with Gasteiger partial charge in [0.15, 0.2) is 5.84 Å². The molecule has 9 heteroatoms. The molecule has 0 radical (unpaired) electrons. The van der Waals surface area contributed by atoms with Crippen molar-refractivity contribution in [2.75, 3.05) is 6.61 Å². The average molecular weight is 507 g/mol. The summed E-state index contributed by atoms with van der Waals surface area (Å²) in [6.45, 7) is 3.16. The summed E-state index contributed by atoms with van der Waals surface area (Å²) in [6.07, 6.45) is 7.10. The Bertz CT molecular complexity index is 1640. The number of nitrogens with one attached hydrogen (secondary N) is 1. The number of hydrazone groups is 1. The van der Waals surface area contributed by atoms with Gasteiger partial charge in [-0.05, 0) is 54.6 Å². The maximum atomic E-state index is 13.0. The third-order valence-electron chi connectivity index (χ3n) is 6.17. The predicted molar refractivity (Wildman–Crippen MR) is 147 cm³/mol. The number of ether oxygens (including phenoxy) is 1. The molecule has 2 aromatic heterocycles. The number of fused-ring (bicyclic) bond motifs is 2. The number of benzene rings is 2. The first-order chi connectivity index (χ1) is 18.1. The highest BCUT2D eigenvalue weighted by Crippen LogP contribution is 2.32. The standard InChI is InChI=1S/C28H22N6O2S/c1-18-7-2-5-11-24(18)36-14-13-33-17-20(21-9-3-4-10-23(21)33)15-22-25(29)34-28(31-26(22)35)37-27(32-34)19-8-6-12-30-16-19/h2-12,15-17,29H,13-14H2,1H3. The minimum absolute atomic E-state index is 0.00103. The van der Waals surface area contributed by atoms with E-state index in [-0.39, 0.29) is 11.4 Å². The smallest absolute Gasteiger partial charge is 0.283 e. The molecule has 0 saturated carbocycles. The van der Waals surface area contributed by atoms with Crippen LogP contribution >= 0.6 is 11.8 Å². The highest BCUT2D eigenvalue weighted by atomic mass is 32.2. The molecule has 6 rings (SSSR count). The number of nitrogens with zero attached hydrogens (tertiary/aromatic N) is 5. The minimum Gasteiger partial charge on any atom is -0.491 e. The molecule has 4 aromatic rings. The zero-order valence-corrected chi connectivity index (χ0v) is 20.8. The van der Waals surface area contributed by atoms with E-state index in [9.17, 15) is 4.79 Å². The Morgan fingerprint density at radius 1 is 1.08 bits per heavy atom. The third-order valence-corrected chi connectivity index (χ3v) is 7.12. The van der Waals surface area contributed by atoms with Crippen molar-refractivity contribution in [1.29, 1.82) is 5.41 Å². The maximum absolute atomic E-state index is 13.0. The number of amidine groups is 2. The van der Waals surface area contributed by atoms with Gasteiger partial charge in [0, 0.05) is 40.6 Å². The summed E-state index contributed by atoms with van der Waals surface area (Å²) in [6, 6.07) is 19.6. The summed E-state index contributed by atoms with van der Waals surface area (Å²) in [5, 5.41) is 16.7. The Morgan fingerprint density at radius 3 is 2.76 bits per heavy atom. The molecule has 0 atom stereocenters. The summed E-state index contributed by atoms with van der Waals surface area (Å²) < 4.78 is 8.11. The number of aryl methyl sites for hydroxylation is 1. The minimum atomic E-state index is -0.453. The van der Waals surface area contributed by atoms with Crippen LogP contribution in [0.2, 0.25) is 0 Å². The molecule has 4 heterocycles. The van der Waals surface area contributed by atoms with Crippen LogP contribution in [0.25, 0.3) is 17.0 Å². The highest BCUT2D eigenvalue weighted by Gasteiger charge is 2.36. The lowest BCUT2D eigenvalue weighted by Gasteiger charge is -2.20. The molecule has 0 fully saturated rings. The molecular weight excluding hydrogens is 484 g/mol. The molecule has 1 amide bonds. The normalized spacial score (nSPS) is 16.2. The molecule has 0 spiro atoms. The number of aliphatic imine (C=N–C) groups is 1. The van der Waals surface area contributed by atoms with Gasteiger partial charge in [0.25, 0.3) is 5.91 Å². The molecule has 8 nitrogen and oxygen atoms in total. The van der Waals surface area contributed by atoms with Crippen LogP contribution in [0.3, 0.4) is 0 Å². The van der Waals surface area contributed by atoms with Crippen LogP contribution in [0.4, 0.5) is 0 Å². The molecule has 2 aliphatic heterocycles. The van der Waals surface area contributed by atoms with E-state index in [1.807, 2.05) is 73.8 Å². The van der Waals surface area contributed by atoms with E-state index in [0.717, 1.165) is 33.3 Å². The van der Waals surface area contributed by atoms with Crippen LogP contribution in [-0.4, -0.2) is 43.1 Å². The van der Waals surface area contributed by atoms with Crippen molar-refractivity contribution >= 4 is 50.7 Å². The topological polar surface area (TPSA) is 95.9 Å². The molecule has 0 unspecified atom stereocenters. The fraction of sp³-hybridized carbons (Fsp3) is 0.107. The number of para-hydroxylation sites is 2. The number of hydrogen-bond acceptors (Lipinski definition) is 6. The van der Waals surface area contributed by atoms with Crippen molar-refractivity contribution in [2.45, 2.75) is 13.5 Å². The number of rotatable bonds is 6. The second kappa shape index (κ2) is 9.51. The fourth-order valence-electron chi connectivity index (χ4n) is 4.30. The number of aromatic nitrogens is 2. The molecule has 2 aromatic carbocycles. The van der Waals surface area contributed by atoms with Crippen LogP contribution in [0.15, 0.2) is 94.9 Å². The molecule has 0 bridgehead atoms. The summed E-state index contributed by atoms with van der Waals surface area (Å²) in [5.41, 5.74) is 3.96. The zero-order valence-electron chi connectivity index (χ0n) is 20.0. The largest absolute Gasteiger partial charge is 0.491 e. The van der Waals surface area contributed by atoms with E-state index >= 15 is 0 Å². The van der Waals surface area contributed by atoms with Gasteiger partial charge in [0.1, 0.15) is 17.4 Å². The quantitative estimate of drug-likeness (QED) is 0.368. The van der Waals surface area contributed by atoms with Crippen LogP contribution in [0, 0.1) is 12.3 Å². The van der Waals surface area contributed by atoms with Gasteiger partial charge in [-0.1, -0.05) is 36.4 Å². The van der Waals surface area contributed by atoms with Gasteiger partial charge < -0.3 is 9.30 Å². The summed E-state index contributed by atoms with van der Waals surface area (Å²) in [7, 11) is 0. The third kappa shape index (κ3) is 4.34. The van der Waals surface area contributed by atoms with E-state index in [0.29, 0.717) is 23.4 Å². The van der Waals surface area contributed by atoms with Crippen molar-refractivity contribution < 1.29 is 9.53 Å². The van der Waals surface area contributed by atoms with Crippen molar-refractivity contribution in [3.63, 3.8) is 0 Å². The Morgan fingerprint density at radius 2 is 1.92 bits per heavy atom. The van der Waals surface area contributed by atoms with E-state index in [1.54, 1.807) is 18.5 Å². The van der Waals surface area contributed by atoms with E-state index in [2.05, 4.69) is 19.6 Å². The first-order valence-electron chi connectivity index (χ1n) is 11.8. The number of carbonyl (C=O) groups excluding carboxylic acids is 1. The van der Waals surface area contributed by atoms with Crippen LogP contribution in [0.1, 0.15) is 16.7 Å². The molecule has 0 saturated heterocycles. The van der Waals surface area contributed by atoms with Gasteiger partial charge >= 0.3 is 0 Å². The highest BCUT2D eigenvalue weighted by molar-refractivity contribution is 8.27. The lowest BCUT2D eigenvalue weighted by atomic mass is 10.1. The van der Waals surface area contributed by atoms with Crippen LogP contribution in [0.5, 0.6) is 5.75 Å². The lowest BCUT2D eigenvalue weighted by molar-refractivity contribution is -0.114. The van der Waals surface area contributed by atoms with Gasteiger partial charge in [-0.15, -0.1) is 0 Å². The monoisotopic (exact) mass is 506 g/mol. The number of hydrogen-bond donors (Lipinski definition) is 1.